The van der Waals surface area contributed by atoms with E-state index in [1.165, 1.54) is 18.2 Å². The molecule has 1 aliphatic heterocycles. The highest BCUT2D eigenvalue weighted by Gasteiger charge is 2.41. The number of esters is 2. The van der Waals surface area contributed by atoms with Crippen molar-refractivity contribution < 1.29 is 46.9 Å². The van der Waals surface area contributed by atoms with Crippen LogP contribution in [-0.2, 0) is 19.1 Å². The second-order valence-corrected chi connectivity index (χ2v) is 11.1. The number of phenolic OH excluding ortho intramolecular Hbond substituents is 1. The second-order valence-electron chi connectivity index (χ2n) is 9.53. The van der Waals surface area contributed by atoms with Crippen LogP contribution in [0.3, 0.4) is 0 Å². The number of anilines is 1. The Balaban J connectivity index is 1.79. The summed E-state index contributed by atoms with van der Waals surface area (Å²) in [5.74, 6) is -5.00. The smallest absolute Gasteiger partial charge is 0.491 e. The lowest BCUT2D eigenvalue weighted by molar-refractivity contribution is -0.189. The summed E-state index contributed by atoms with van der Waals surface area (Å²) in [7, 11) is 0. The Morgan fingerprint density at radius 3 is 2.57 bits per heavy atom. The van der Waals surface area contributed by atoms with Crippen molar-refractivity contribution >= 4 is 69.5 Å². The highest BCUT2D eigenvalue weighted by Crippen LogP contribution is 2.34. The number of aliphatic imine (C=N–C) groups is 1. The van der Waals surface area contributed by atoms with Gasteiger partial charge in [0.25, 0.3) is 5.91 Å². The predicted molar refractivity (Wildman–Crippen MR) is 163 cm³/mol. The molecule has 4 N–H and O–H groups in total. The van der Waals surface area contributed by atoms with E-state index in [1.807, 2.05) is 22.6 Å². The van der Waals surface area contributed by atoms with Crippen LogP contribution in [0.15, 0.2) is 35.3 Å². The maximum atomic E-state index is 13.0. The average molecular weight is 753 g/mol. The van der Waals surface area contributed by atoms with E-state index >= 15 is 0 Å². The zero-order valence-corrected chi connectivity index (χ0v) is 26.3. The molecule has 0 saturated heterocycles. The van der Waals surface area contributed by atoms with E-state index in [2.05, 4.69) is 25.7 Å². The van der Waals surface area contributed by atoms with Gasteiger partial charge < -0.3 is 30.5 Å². The molecule has 16 heteroatoms. The lowest BCUT2D eigenvalue weighted by Gasteiger charge is -2.21. The van der Waals surface area contributed by atoms with Gasteiger partial charge in [0.15, 0.2) is 0 Å². The van der Waals surface area contributed by atoms with Crippen LogP contribution < -0.4 is 20.7 Å². The number of amides is 2. The number of phenols is 1. The van der Waals surface area contributed by atoms with E-state index in [4.69, 9.17) is 16.3 Å². The zero-order chi connectivity index (χ0) is 32.4. The standard InChI is InChI=1S/C28H29ClF3IN4O7/c1-2-43-24(39)13-21(19-10-16(29)11-20(33)25(19)40)37-23(38)14-35-26(41)15-8-17(36-22-6-4-3-5-7-34-22)12-18(9-15)44-27(42)28(30,31)32/h8-12,21,40H,2-7,13-14H2,1H3,(H,34,36)(H,35,41)(H,37,38)/t21-/m1/s1. The minimum Gasteiger partial charge on any atom is -0.506 e. The quantitative estimate of drug-likeness (QED) is 0.150. The van der Waals surface area contributed by atoms with Crippen LogP contribution in [0.4, 0.5) is 18.9 Å². The van der Waals surface area contributed by atoms with Crippen LogP contribution in [-0.4, -0.2) is 60.6 Å². The van der Waals surface area contributed by atoms with Crippen LogP contribution in [0.1, 0.15) is 61.0 Å². The Kier molecular flexibility index (Phi) is 12.6. The number of rotatable bonds is 10. The highest BCUT2D eigenvalue weighted by atomic mass is 127. The first-order valence-corrected chi connectivity index (χ1v) is 14.9. The molecule has 3 rings (SSSR count). The third-order valence-electron chi connectivity index (χ3n) is 6.13. The molecule has 0 bridgehead atoms. The monoisotopic (exact) mass is 752 g/mol. The van der Waals surface area contributed by atoms with Crippen molar-refractivity contribution in [3.63, 3.8) is 0 Å². The number of benzene rings is 2. The number of nitrogens with one attached hydrogen (secondary N) is 3. The summed E-state index contributed by atoms with van der Waals surface area (Å²) in [6.07, 6.45) is -2.40. The Hall–Kier alpha value is -3.60. The van der Waals surface area contributed by atoms with Gasteiger partial charge >= 0.3 is 18.1 Å². The third kappa shape index (κ3) is 10.5. The fraction of sp³-hybridized carbons (Fsp3) is 0.393. The van der Waals surface area contributed by atoms with E-state index in [9.17, 15) is 37.5 Å². The largest absolute Gasteiger partial charge is 0.506 e. The Bertz CT molecular complexity index is 1440. The van der Waals surface area contributed by atoms with E-state index in [0.29, 0.717) is 22.4 Å². The van der Waals surface area contributed by atoms with Crippen LogP contribution in [0.2, 0.25) is 5.02 Å². The number of nitrogens with zero attached hydrogens (tertiary/aromatic N) is 1. The molecule has 11 nitrogen and oxygen atoms in total. The van der Waals surface area contributed by atoms with Gasteiger partial charge in [-0.3, -0.25) is 19.4 Å². The summed E-state index contributed by atoms with van der Waals surface area (Å²) in [6, 6.07) is 5.14. The van der Waals surface area contributed by atoms with Gasteiger partial charge in [0.1, 0.15) is 17.3 Å². The maximum absolute atomic E-state index is 13.0. The van der Waals surface area contributed by atoms with Crippen molar-refractivity contribution in [2.24, 2.45) is 4.99 Å². The number of carbonyl (C=O) groups is 4. The van der Waals surface area contributed by atoms with Gasteiger partial charge in [-0.25, -0.2) is 4.79 Å². The maximum Gasteiger partial charge on any atom is 0.491 e. The van der Waals surface area contributed by atoms with Crippen molar-refractivity contribution in [2.45, 2.75) is 51.2 Å². The summed E-state index contributed by atoms with van der Waals surface area (Å²) in [6.45, 7) is 1.61. The first kappa shape index (κ1) is 34.9. The van der Waals surface area contributed by atoms with Gasteiger partial charge in [0.05, 0.1) is 29.2 Å². The van der Waals surface area contributed by atoms with Gasteiger partial charge in [-0.2, -0.15) is 13.2 Å². The molecule has 2 amide bonds. The predicted octanol–water partition coefficient (Wildman–Crippen LogP) is 5.04. The van der Waals surface area contributed by atoms with Crippen LogP contribution in [0.5, 0.6) is 11.5 Å². The number of alkyl halides is 3. The van der Waals surface area contributed by atoms with Crippen molar-refractivity contribution in [1.82, 2.24) is 10.6 Å². The molecule has 1 aliphatic rings. The van der Waals surface area contributed by atoms with Crippen LogP contribution >= 0.6 is 34.2 Å². The van der Waals surface area contributed by atoms with Crippen LogP contribution in [0, 0.1) is 3.57 Å². The van der Waals surface area contributed by atoms with Crippen LogP contribution in [0.25, 0.3) is 0 Å². The number of aromatic hydroxyl groups is 1. The van der Waals surface area contributed by atoms with E-state index in [0.717, 1.165) is 31.4 Å². The molecule has 0 spiro atoms. The number of hydrogen-bond donors (Lipinski definition) is 4. The molecular formula is C28H29ClF3IN4O7. The molecule has 2 aromatic carbocycles. The topological polar surface area (TPSA) is 155 Å². The molecule has 1 atom stereocenters. The van der Waals surface area contributed by atoms with Gasteiger partial charge in [0, 0.05) is 40.9 Å². The molecule has 0 fully saturated rings. The number of ether oxygens (including phenoxy) is 2. The summed E-state index contributed by atoms with van der Waals surface area (Å²) < 4.78 is 48.4. The fourth-order valence-corrected chi connectivity index (χ4v) is 5.21. The fourth-order valence-electron chi connectivity index (χ4n) is 4.15. The molecule has 0 saturated carbocycles. The summed E-state index contributed by atoms with van der Waals surface area (Å²) in [5.41, 5.74) is 0.0753. The molecule has 0 radical (unpaired) electrons. The van der Waals surface area contributed by atoms with Gasteiger partial charge in [-0.05, 0) is 66.6 Å². The minimum atomic E-state index is -5.27. The first-order chi connectivity index (χ1) is 20.8. The lowest BCUT2D eigenvalue weighted by atomic mass is 10.0. The van der Waals surface area contributed by atoms with Gasteiger partial charge in [0.2, 0.25) is 5.91 Å². The van der Waals surface area contributed by atoms with Crippen molar-refractivity contribution in [3.05, 3.63) is 50.1 Å². The normalized spacial score (nSPS) is 14.0. The molecule has 238 valence electrons. The number of halogens is 5. The van der Waals surface area contributed by atoms with Crippen molar-refractivity contribution in [2.75, 3.05) is 25.0 Å². The van der Waals surface area contributed by atoms with Crippen molar-refractivity contribution in [3.8, 4) is 11.5 Å². The number of carbonyl (C=O) groups excluding carboxylic acids is 4. The SMILES string of the molecule is CCOC(=O)C[C@@H](NC(=O)CNC(=O)c1cc(NC2=NCCCCC2)cc(OC(=O)C(F)(F)F)c1)c1cc(Cl)cc(I)c1O. The average Bonchev–Trinajstić information content (AvgIpc) is 3.21. The number of hydrogen-bond acceptors (Lipinski definition) is 9. The van der Waals surface area contributed by atoms with Gasteiger partial charge in [-0.1, -0.05) is 18.0 Å². The lowest BCUT2D eigenvalue weighted by Crippen LogP contribution is -2.39. The van der Waals surface area contributed by atoms with E-state index < -0.39 is 48.3 Å². The van der Waals surface area contributed by atoms with E-state index in [1.54, 1.807) is 6.92 Å². The molecule has 0 aliphatic carbocycles. The third-order valence-corrected chi connectivity index (χ3v) is 7.17. The Labute approximate surface area is 269 Å². The zero-order valence-electron chi connectivity index (χ0n) is 23.4. The van der Waals surface area contributed by atoms with Gasteiger partial charge in [-0.15, -0.1) is 0 Å². The molecular weight excluding hydrogens is 724 g/mol. The summed E-state index contributed by atoms with van der Waals surface area (Å²) >= 11 is 7.95. The van der Waals surface area contributed by atoms with Crippen molar-refractivity contribution in [1.29, 1.82) is 0 Å². The summed E-state index contributed by atoms with van der Waals surface area (Å²) in [4.78, 5) is 53.9. The molecule has 44 heavy (non-hydrogen) atoms. The second kappa shape index (κ2) is 15.9. The summed E-state index contributed by atoms with van der Waals surface area (Å²) in [5, 5.41) is 18.6. The highest BCUT2D eigenvalue weighted by molar-refractivity contribution is 14.1. The number of amidine groups is 1. The molecule has 1 heterocycles. The Morgan fingerprint density at radius 2 is 1.86 bits per heavy atom. The molecule has 0 unspecified atom stereocenters. The Morgan fingerprint density at radius 1 is 1.11 bits per heavy atom. The van der Waals surface area contributed by atoms with E-state index in [-0.39, 0.29) is 40.6 Å². The first-order valence-electron chi connectivity index (χ1n) is 13.4. The minimum absolute atomic E-state index is 0.0795. The molecule has 2 aromatic rings. The molecule has 0 aromatic heterocycles.